The zero-order valence-electron chi connectivity index (χ0n) is 9.66. The van der Waals surface area contributed by atoms with E-state index in [-0.39, 0.29) is 13.2 Å². The van der Waals surface area contributed by atoms with Crippen molar-refractivity contribution in [3.63, 3.8) is 0 Å². The Labute approximate surface area is 99.9 Å². The van der Waals surface area contributed by atoms with Gasteiger partial charge in [0.15, 0.2) is 0 Å². The highest BCUT2D eigenvalue weighted by molar-refractivity contribution is 5.39. The zero-order chi connectivity index (χ0) is 12.1. The third-order valence-corrected chi connectivity index (χ3v) is 2.63. The molecule has 0 aliphatic heterocycles. The molecule has 0 aromatic carbocycles. The van der Waals surface area contributed by atoms with E-state index in [1.54, 1.807) is 0 Å². The van der Waals surface area contributed by atoms with Crippen molar-refractivity contribution in [2.45, 2.75) is 6.54 Å². The van der Waals surface area contributed by atoms with E-state index < -0.39 is 0 Å². The minimum absolute atomic E-state index is 0.0906. The fourth-order valence-corrected chi connectivity index (χ4v) is 1.85. The van der Waals surface area contributed by atoms with E-state index >= 15 is 0 Å². The van der Waals surface area contributed by atoms with Crippen molar-refractivity contribution in [2.24, 2.45) is 0 Å². The smallest absolute Gasteiger partial charge is 0.137 e. The summed E-state index contributed by atoms with van der Waals surface area (Å²) in [6.45, 7) is 1.92. The van der Waals surface area contributed by atoms with Crippen LogP contribution in [0.4, 0.5) is 0 Å². The molecule has 0 atom stereocenters. The third-order valence-electron chi connectivity index (χ3n) is 2.63. The van der Waals surface area contributed by atoms with Gasteiger partial charge in [-0.2, -0.15) is 0 Å². The van der Waals surface area contributed by atoms with Crippen LogP contribution in [0.25, 0.3) is 5.65 Å². The van der Waals surface area contributed by atoms with Crippen molar-refractivity contribution >= 4 is 5.65 Å². The molecule has 0 amide bonds. The Bertz CT molecular complexity index is 430. The van der Waals surface area contributed by atoms with Gasteiger partial charge in [0.05, 0.1) is 18.9 Å². The second kappa shape index (κ2) is 5.77. The molecular weight excluding hydrogens is 218 g/mol. The lowest BCUT2D eigenvalue weighted by Crippen LogP contribution is -2.29. The number of aromatic nitrogens is 2. The van der Waals surface area contributed by atoms with Crippen LogP contribution in [-0.4, -0.2) is 50.8 Å². The fraction of sp³-hybridized carbons (Fsp3) is 0.417. The lowest BCUT2D eigenvalue weighted by Gasteiger charge is -2.18. The highest BCUT2D eigenvalue weighted by Crippen LogP contribution is 2.07. The summed E-state index contributed by atoms with van der Waals surface area (Å²) in [6, 6.07) is 5.86. The van der Waals surface area contributed by atoms with Gasteiger partial charge in [-0.1, -0.05) is 6.07 Å². The van der Waals surface area contributed by atoms with Crippen molar-refractivity contribution in [2.75, 3.05) is 26.3 Å². The number of hydrogen-bond donors (Lipinski definition) is 2. The Kier molecular flexibility index (Phi) is 4.08. The number of nitrogens with zero attached hydrogens (tertiary/aromatic N) is 3. The molecule has 0 fully saturated rings. The van der Waals surface area contributed by atoms with Crippen molar-refractivity contribution in [1.29, 1.82) is 0 Å². The topological polar surface area (TPSA) is 61.0 Å². The Balaban J connectivity index is 2.10. The van der Waals surface area contributed by atoms with E-state index in [0.717, 1.165) is 11.3 Å². The van der Waals surface area contributed by atoms with Gasteiger partial charge in [-0.05, 0) is 12.1 Å². The van der Waals surface area contributed by atoms with Gasteiger partial charge in [-0.3, -0.25) is 4.90 Å². The zero-order valence-corrected chi connectivity index (χ0v) is 9.66. The number of aliphatic hydroxyl groups excluding tert-OH is 2. The van der Waals surface area contributed by atoms with Crippen molar-refractivity contribution in [3.8, 4) is 0 Å². The average Bonchev–Trinajstić information content (AvgIpc) is 2.71. The number of rotatable bonds is 6. The Morgan fingerprint density at radius 1 is 1.18 bits per heavy atom. The first-order valence-electron chi connectivity index (χ1n) is 5.70. The molecule has 2 aromatic rings. The number of pyridine rings is 1. The lowest BCUT2D eigenvalue weighted by molar-refractivity contribution is 0.155. The van der Waals surface area contributed by atoms with Crippen LogP contribution >= 0.6 is 0 Å². The quantitative estimate of drug-likeness (QED) is 0.746. The maximum atomic E-state index is 8.93. The summed E-state index contributed by atoms with van der Waals surface area (Å²) < 4.78 is 1.96. The van der Waals surface area contributed by atoms with Gasteiger partial charge in [0.1, 0.15) is 5.65 Å². The highest BCUT2D eigenvalue weighted by atomic mass is 16.3. The molecule has 0 saturated heterocycles. The molecule has 5 nitrogen and oxygen atoms in total. The summed E-state index contributed by atoms with van der Waals surface area (Å²) in [6.07, 6.45) is 3.92. The van der Waals surface area contributed by atoms with E-state index in [4.69, 9.17) is 10.2 Å². The Morgan fingerprint density at radius 2 is 1.94 bits per heavy atom. The normalized spacial score (nSPS) is 11.5. The SMILES string of the molecule is OCCN(CCO)Cc1cn2ccccc2n1. The van der Waals surface area contributed by atoms with Crippen LogP contribution in [-0.2, 0) is 6.54 Å². The molecule has 0 spiro atoms. The number of hydrogen-bond acceptors (Lipinski definition) is 4. The minimum atomic E-state index is 0.0906. The predicted octanol–water partition coefficient (Wildman–Crippen LogP) is 0.121. The van der Waals surface area contributed by atoms with Gasteiger partial charge < -0.3 is 14.6 Å². The van der Waals surface area contributed by atoms with Crippen LogP contribution in [0.2, 0.25) is 0 Å². The summed E-state index contributed by atoms with van der Waals surface area (Å²) in [5, 5.41) is 17.9. The van der Waals surface area contributed by atoms with Crippen LogP contribution in [0.5, 0.6) is 0 Å². The van der Waals surface area contributed by atoms with E-state index in [2.05, 4.69) is 4.98 Å². The molecule has 0 saturated carbocycles. The molecule has 5 heteroatoms. The molecule has 2 N–H and O–H groups in total. The second-order valence-electron chi connectivity index (χ2n) is 3.92. The third kappa shape index (κ3) is 3.03. The largest absolute Gasteiger partial charge is 0.395 e. The summed E-state index contributed by atoms with van der Waals surface area (Å²) in [7, 11) is 0. The number of imidazole rings is 1. The number of fused-ring (bicyclic) bond motifs is 1. The number of aliphatic hydroxyl groups is 2. The van der Waals surface area contributed by atoms with Crippen LogP contribution in [0.3, 0.4) is 0 Å². The maximum Gasteiger partial charge on any atom is 0.137 e. The van der Waals surface area contributed by atoms with Gasteiger partial charge in [-0.25, -0.2) is 4.98 Å². The molecule has 0 aliphatic rings. The average molecular weight is 235 g/mol. The highest BCUT2D eigenvalue weighted by Gasteiger charge is 2.07. The minimum Gasteiger partial charge on any atom is -0.395 e. The van der Waals surface area contributed by atoms with Crippen LogP contribution in [0, 0.1) is 0 Å². The predicted molar refractivity (Wildman–Crippen MR) is 64.6 cm³/mol. The Morgan fingerprint density at radius 3 is 2.59 bits per heavy atom. The molecular formula is C12H17N3O2. The molecule has 0 radical (unpaired) electrons. The first kappa shape index (κ1) is 12.0. The monoisotopic (exact) mass is 235 g/mol. The first-order chi connectivity index (χ1) is 8.33. The van der Waals surface area contributed by atoms with E-state index in [0.29, 0.717) is 19.6 Å². The van der Waals surface area contributed by atoms with Gasteiger partial charge in [-0.15, -0.1) is 0 Å². The molecule has 0 aliphatic carbocycles. The van der Waals surface area contributed by atoms with Gasteiger partial charge in [0.25, 0.3) is 0 Å². The summed E-state index contributed by atoms with van der Waals surface area (Å²) >= 11 is 0. The summed E-state index contributed by atoms with van der Waals surface area (Å²) in [4.78, 5) is 6.45. The lowest BCUT2D eigenvalue weighted by atomic mass is 10.4. The van der Waals surface area contributed by atoms with Gasteiger partial charge >= 0.3 is 0 Å². The van der Waals surface area contributed by atoms with Gasteiger partial charge in [0.2, 0.25) is 0 Å². The molecule has 2 heterocycles. The molecule has 0 unspecified atom stereocenters. The van der Waals surface area contributed by atoms with Crippen LogP contribution in [0.15, 0.2) is 30.6 Å². The summed E-state index contributed by atoms with van der Waals surface area (Å²) in [5.74, 6) is 0. The van der Waals surface area contributed by atoms with Crippen molar-refractivity contribution in [1.82, 2.24) is 14.3 Å². The summed E-state index contributed by atoms with van der Waals surface area (Å²) in [5.41, 5.74) is 1.86. The maximum absolute atomic E-state index is 8.93. The molecule has 2 rings (SSSR count). The second-order valence-corrected chi connectivity index (χ2v) is 3.92. The van der Waals surface area contributed by atoms with Gasteiger partial charge in [0, 0.05) is 32.0 Å². The standard InChI is InChI=1S/C12H17N3O2/c16-7-5-14(6-8-17)9-11-10-15-4-2-1-3-12(15)13-11/h1-4,10,16-17H,5-9H2. The van der Waals surface area contributed by atoms with Crippen molar-refractivity contribution < 1.29 is 10.2 Å². The Hall–Kier alpha value is -1.43. The van der Waals surface area contributed by atoms with Crippen LogP contribution in [0.1, 0.15) is 5.69 Å². The van der Waals surface area contributed by atoms with Crippen molar-refractivity contribution in [3.05, 3.63) is 36.3 Å². The molecule has 0 bridgehead atoms. The van der Waals surface area contributed by atoms with E-state index in [1.165, 1.54) is 0 Å². The fourth-order valence-electron chi connectivity index (χ4n) is 1.85. The van der Waals surface area contributed by atoms with Crippen LogP contribution < -0.4 is 0 Å². The van der Waals surface area contributed by atoms with E-state index in [1.807, 2.05) is 39.9 Å². The molecule has 2 aromatic heterocycles. The van der Waals surface area contributed by atoms with E-state index in [9.17, 15) is 0 Å². The first-order valence-corrected chi connectivity index (χ1v) is 5.70. The molecule has 92 valence electrons. The molecule has 17 heavy (non-hydrogen) atoms.